The van der Waals surface area contributed by atoms with Crippen LogP contribution in [0, 0.1) is 6.92 Å². The van der Waals surface area contributed by atoms with Crippen LogP contribution in [0.1, 0.15) is 48.2 Å². The molecule has 2 aromatic carbocycles. The zero-order valence-corrected chi connectivity index (χ0v) is 18.7. The highest BCUT2D eigenvalue weighted by Crippen LogP contribution is 2.32. The van der Waals surface area contributed by atoms with E-state index in [0.717, 1.165) is 11.1 Å². The van der Waals surface area contributed by atoms with Crippen molar-refractivity contribution >= 4 is 35.1 Å². The van der Waals surface area contributed by atoms with E-state index in [1.807, 2.05) is 26.8 Å². The van der Waals surface area contributed by atoms with Crippen molar-refractivity contribution in [1.82, 2.24) is 0 Å². The van der Waals surface area contributed by atoms with Crippen molar-refractivity contribution in [1.29, 1.82) is 0 Å². The van der Waals surface area contributed by atoms with E-state index in [0.29, 0.717) is 10.8 Å². The Balaban J connectivity index is 1.91. The standard InChI is InChI=1S/C23H26ClNO6/c1-5-29-23(28)16-8-6-7-9-19(16)25-21(26)12-31-22(27)13-30-20-10-15(4)18(24)11-17(20)14(2)3/h6-11,14H,5,12-13H2,1-4H3,(H,25,26). The molecular formula is C23H26ClNO6. The SMILES string of the molecule is CCOC(=O)c1ccccc1NC(=O)COC(=O)COc1cc(C)c(Cl)cc1C(C)C. The van der Waals surface area contributed by atoms with E-state index in [4.69, 9.17) is 25.8 Å². The molecule has 0 saturated heterocycles. The number of hydrogen-bond donors (Lipinski definition) is 1. The van der Waals surface area contributed by atoms with E-state index < -0.39 is 24.5 Å². The molecule has 0 aliphatic heterocycles. The molecule has 166 valence electrons. The number of hydrogen-bond acceptors (Lipinski definition) is 6. The van der Waals surface area contributed by atoms with Gasteiger partial charge in [-0.2, -0.15) is 0 Å². The summed E-state index contributed by atoms with van der Waals surface area (Å²) in [6, 6.07) is 10.0. The summed E-state index contributed by atoms with van der Waals surface area (Å²) < 4.78 is 15.5. The Morgan fingerprint density at radius 2 is 1.77 bits per heavy atom. The molecule has 0 atom stereocenters. The monoisotopic (exact) mass is 447 g/mol. The first-order valence-corrected chi connectivity index (χ1v) is 10.2. The Hall–Kier alpha value is -3.06. The van der Waals surface area contributed by atoms with Crippen molar-refractivity contribution in [3.05, 3.63) is 58.1 Å². The molecule has 0 saturated carbocycles. The lowest BCUT2D eigenvalue weighted by Gasteiger charge is -2.15. The van der Waals surface area contributed by atoms with Gasteiger partial charge in [-0.25, -0.2) is 9.59 Å². The van der Waals surface area contributed by atoms with Crippen LogP contribution in [0.25, 0.3) is 0 Å². The van der Waals surface area contributed by atoms with Crippen molar-refractivity contribution in [2.75, 3.05) is 25.1 Å². The van der Waals surface area contributed by atoms with Crippen LogP contribution in [-0.2, 0) is 19.1 Å². The number of carbonyl (C=O) groups excluding carboxylic acids is 3. The minimum absolute atomic E-state index is 0.148. The van der Waals surface area contributed by atoms with Crippen LogP contribution in [0.3, 0.4) is 0 Å². The number of rotatable bonds is 9. The number of benzene rings is 2. The lowest BCUT2D eigenvalue weighted by atomic mass is 10.0. The quantitative estimate of drug-likeness (QED) is 0.569. The summed E-state index contributed by atoms with van der Waals surface area (Å²) in [6.45, 7) is 6.86. The summed E-state index contributed by atoms with van der Waals surface area (Å²) in [4.78, 5) is 36.2. The van der Waals surface area contributed by atoms with Crippen molar-refractivity contribution in [3.8, 4) is 5.75 Å². The summed E-state index contributed by atoms with van der Waals surface area (Å²) in [7, 11) is 0. The van der Waals surface area contributed by atoms with E-state index >= 15 is 0 Å². The van der Waals surface area contributed by atoms with Crippen LogP contribution >= 0.6 is 11.6 Å². The molecular weight excluding hydrogens is 422 g/mol. The molecule has 0 aliphatic carbocycles. The largest absolute Gasteiger partial charge is 0.482 e. The zero-order chi connectivity index (χ0) is 23.0. The van der Waals surface area contributed by atoms with Gasteiger partial charge in [0.2, 0.25) is 0 Å². The molecule has 0 radical (unpaired) electrons. The summed E-state index contributed by atoms with van der Waals surface area (Å²) in [5.74, 6) is -1.15. The van der Waals surface area contributed by atoms with Gasteiger partial charge in [0.15, 0.2) is 13.2 Å². The van der Waals surface area contributed by atoms with E-state index in [9.17, 15) is 14.4 Å². The van der Waals surface area contributed by atoms with E-state index in [-0.39, 0.29) is 30.4 Å². The molecule has 0 aromatic heterocycles. The van der Waals surface area contributed by atoms with Gasteiger partial charge in [0, 0.05) is 5.02 Å². The van der Waals surface area contributed by atoms with Gasteiger partial charge < -0.3 is 19.5 Å². The summed E-state index contributed by atoms with van der Waals surface area (Å²) >= 11 is 6.17. The van der Waals surface area contributed by atoms with Gasteiger partial charge in [0.1, 0.15) is 5.75 Å². The highest BCUT2D eigenvalue weighted by Gasteiger charge is 2.16. The second-order valence-corrected chi connectivity index (χ2v) is 7.46. The average molecular weight is 448 g/mol. The second kappa shape index (κ2) is 11.4. The molecule has 2 rings (SSSR count). The minimum atomic E-state index is -0.698. The molecule has 0 unspecified atom stereocenters. The third-order valence-electron chi connectivity index (χ3n) is 4.32. The number of amides is 1. The molecule has 0 bridgehead atoms. The number of ether oxygens (including phenoxy) is 3. The van der Waals surface area contributed by atoms with Gasteiger partial charge >= 0.3 is 11.9 Å². The Morgan fingerprint density at radius 1 is 1.06 bits per heavy atom. The number of esters is 2. The fourth-order valence-corrected chi connectivity index (χ4v) is 2.91. The number of aryl methyl sites for hydroxylation is 1. The lowest BCUT2D eigenvalue weighted by molar-refractivity contribution is -0.149. The van der Waals surface area contributed by atoms with Gasteiger partial charge in [0.05, 0.1) is 17.9 Å². The lowest BCUT2D eigenvalue weighted by Crippen LogP contribution is -2.24. The molecule has 1 N–H and O–H groups in total. The summed E-state index contributed by atoms with van der Waals surface area (Å²) in [6.07, 6.45) is 0. The van der Waals surface area contributed by atoms with Crippen LogP contribution in [0.4, 0.5) is 5.69 Å². The third kappa shape index (κ3) is 7.00. The van der Waals surface area contributed by atoms with Gasteiger partial charge in [-0.15, -0.1) is 0 Å². The zero-order valence-electron chi connectivity index (χ0n) is 18.0. The maximum atomic E-state index is 12.2. The molecule has 0 spiro atoms. The second-order valence-electron chi connectivity index (χ2n) is 7.06. The first kappa shape index (κ1) is 24.2. The smallest absolute Gasteiger partial charge is 0.344 e. The fraction of sp³-hybridized carbons (Fsp3) is 0.348. The normalized spacial score (nSPS) is 10.5. The maximum absolute atomic E-state index is 12.2. The van der Waals surface area contributed by atoms with Gasteiger partial charge in [-0.3, -0.25) is 4.79 Å². The third-order valence-corrected chi connectivity index (χ3v) is 4.73. The number of para-hydroxylation sites is 1. The molecule has 1 amide bonds. The maximum Gasteiger partial charge on any atom is 0.344 e. The van der Waals surface area contributed by atoms with E-state index in [2.05, 4.69) is 5.32 Å². The van der Waals surface area contributed by atoms with Crippen LogP contribution in [0.15, 0.2) is 36.4 Å². The van der Waals surface area contributed by atoms with Gasteiger partial charge in [-0.05, 0) is 55.2 Å². The summed E-state index contributed by atoms with van der Waals surface area (Å²) in [5, 5.41) is 3.17. The average Bonchev–Trinajstić information content (AvgIpc) is 2.73. The topological polar surface area (TPSA) is 90.9 Å². The van der Waals surface area contributed by atoms with Crippen molar-refractivity contribution in [3.63, 3.8) is 0 Å². The Labute approximate surface area is 186 Å². The Morgan fingerprint density at radius 3 is 2.45 bits per heavy atom. The number of anilines is 1. The van der Waals surface area contributed by atoms with Crippen molar-refractivity contribution < 1.29 is 28.6 Å². The van der Waals surface area contributed by atoms with E-state index in [1.54, 1.807) is 31.2 Å². The molecule has 2 aromatic rings. The van der Waals surface area contributed by atoms with Crippen molar-refractivity contribution in [2.24, 2.45) is 0 Å². The number of halogens is 1. The minimum Gasteiger partial charge on any atom is -0.482 e. The Bertz CT molecular complexity index is 957. The first-order chi connectivity index (χ1) is 14.7. The van der Waals surface area contributed by atoms with Crippen LogP contribution in [-0.4, -0.2) is 37.7 Å². The molecule has 0 heterocycles. The molecule has 7 nitrogen and oxygen atoms in total. The number of nitrogens with one attached hydrogen (secondary N) is 1. The van der Waals surface area contributed by atoms with Crippen LogP contribution in [0.5, 0.6) is 5.75 Å². The fourth-order valence-electron chi connectivity index (χ4n) is 2.74. The number of carbonyl (C=O) groups is 3. The molecule has 8 heteroatoms. The van der Waals surface area contributed by atoms with Crippen LogP contribution < -0.4 is 10.1 Å². The highest BCUT2D eigenvalue weighted by molar-refractivity contribution is 6.31. The first-order valence-electron chi connectivity index (χ1n) is 9.87. The highest BCUT2D eigenvalue weighted by atomic mass is 35.5. The van der Waals surface area contributed by atoms with Gasteiger partial charge in [-0.1, -0.05) is 37.6 Å². The van der Waals surface area contributed by atoms with Gasteiger partial charge in [0.25, 0.3) is 5.91 Å². The van der Waals surface area contributed by atoms with Crippen molar-refractivity contribution in [2.45, 2.75) is 33.6 Å². The Kier molecular flexibility index (Phi) is 8.88. The molecule has 0 fully saturated rings. The van der Waals surface area contributed by atoms with Crippen LogP contribution in [0.2, 0.25) is 5.02 Å². The predicted molar refractivity (Wildman–Crippen MR) is 118 cm³/mol. The molecule has 0 aliphatic rings. The van der Waals surface area contributed by atoms with E-state index in [1.165, 1.54) is 6.07 Å². The molecule has 31 heavy (non-hydrogen) atoms. The summed E-state index contributed by atoms with van der Waals surface area (Å²) in [5.41, 5.74) is 2.19. The predicted octanol–water partition coefficient (Wildman–Crippen LogP) is 4.51.